The topological polar surface area (TPSA) is 49.7 Å². The van der Waals surface area contributed by atoms with Gasteiger partial charge in [-0.25, -0.2) is 5.01 Å². The number of benzene rings is 1. The lowest BCUT2D eigenvalue weighted by molar-refractivity contribution is -0.128. The number of rotatable bonds is 3. The molecule has 4 nitrogen and oxygen atoms in total. The summed E-state index contributed by atoms with van der Waals surface area (Å²) in [7, 11) is 0.573. The molecule has 1 aromatic carbocycles. The zero-order valence-electron chi connectivity index (χ0n) is 11.9. The molecule has 0 N–H and O–H groups in total. The average molecular weight is 357 g/mol. The second kappa shape index (κ2) is 5.41. The highest BCUT2D eigenvalue weighted by molar-refractivity contribution is 9.10. The first-order valence-corrected chi connectivity index (χ1v) is 8.33. The minimum absolute atomic E-state index is 0.0513. The van der Waals surface area contributed by atoms with Crippen LogP contribution >= 0.6 is 15.9 Å². The van der Waals surface area contributed by atoms with Crippen LogP contribution in [0.1, 0.15) is 26.3 Å². The van der Waals surface area contributed by atoms with Crippen LogP contribution < -0.4 is 0 Å². The normalized spacial score (nSPS) is 24.2. The highest BCUT2D eigenvalue weighted by Gasteiger charge is 2.44. The van der Waals surface area contributed by atoms with E-state index in [9.17, 15) is 9.00 Å². The summed E-state index contributed by atoms with van der Waals surface area (Å²) in [5, 5.41) is 5.67. The number of hydrazone groups is 1. The quantitative estimate of drug-likeness (QED) is 0.781. The van der Waals surface area contributed by atoms with Crippen molar-refractivity contribution in [2.75, 3.05) is 7.05 Å². The fraction of sp³-hybridized carbons (Fsp3) is 0.429. The lowest BCUT2D eigenvalue weighted by atomic mass is 9.98. The van der Waals surface area contributed by atoms with Crippen LogP contribution in [0, 0.1) is 0 Å². The molecule has 1 heterocycles. The highest BCUT2D eigenvalue weighted by atomic mass is 79.9. The summed E-state index contributed by atoms with van der Waals surface area (Å²) < 4.78 is 11.4. The van der Waals surface area contributed by atoms with Gasteiger partial charge in [0.15, 0.2) is 0 Å². The molecule has 108 valence electrons. The smallest absolute Gasteiger partial charge is 0.265 e. The fourth-order valence-corrected chi connectivity index (χ4v) is 3.63. The van der Waals surface area contributed by atoms with Gasteiger partial charge in [-0.15, -0.1) is 0 Å². The van der Waals surface area contributed by atoms with Crippen molar-refractivity contribution in [1.29, 1.82) is 0 Å². The van der Waals surface area contributed by atoms with E-state index in [2.05, 4.69) is 21.0 Å². The zero-order chi connectivity index (χ0) is 15.1. The molecule has 0 bridgehead atoms. The van der Waals surface area contributed by atoms with E-state index in [1.54, 1.807) is 14.0 Å². The lowest BCUT2D eigenvalue weighted by Gasteiger charge is -2.16. The van der Waals surface area contributed by atoms with Crippen molar-refractivity contribution in [3.8, 4) is 0 Å². The number of carbonyl (C=O) groups excluding carboxylic acids is 1. The van der Waals surface area contributed by atoms with Crippen LogP contribution in [0.2, 0.25) is 0 Å². The molecule has 0 saturated heterocycles. The van der Waals surface area contributed by atoms with Gasteiger partial charge >= 0.3 is 0 Å². The highest BCUT2D eigenvalue weighted by Crippen LogP contribution is 2.32. The number of nitrogens with zero attached hydrogens (tertiary/aromatic N) is 2. The van der Waals surface area contributed by atoms with E-state index >= 15 is 0 Å². The van der Waals surface area contributed by atoms with E-state index in [0.29, 0.717) is 5.71 Å². The number of alkyl halides is 1. The number of amides is 1. The van der Waals surface area contributed by atoms with Gasteiger partial charge in [-0.1, -0.05) is 41.9 Å². The largest absolute Gasteiger partial charge is 0.271 e. The van der Waals surface area contributed by atoms with E-state index in [-0.39, 0.29) is 11.2 Å². The van der Waals surface area contributed by atoms with Crippen molar-refractivity contribution in [2.45, 2.75) is 35.2 Å². The predicted molar refractivity (Wildman–Crippen MR) is 84.6 cm³/mol. The van der Waals surface area contributed by atoms with Gasteiger partial charge < -0.3 is 0 Å². The Labute approximate surface area is 129 Å². The molecular weight excluding hydrogens is 340 g/mol. The minimum atomic E-state index is -1.06. The SMILES string of the molecule is CC(C)S(=O)c1cccc(C2=NN(C)C(=O)C2(C)Br)c1. The molecule has 0 saturated carbocycles. The summed E-state index contributed by atoms with van der Waals surface area (Å²) in [5.74, 6) is -0.108. The van der Waals surface area contributed by atoms with Crippen LogP contribution in [-0.2, 0) is 15.6 Å². The number of hydrogen-bond acceptors (Lipinski definition) is 3. The number of hydrogen-bond donors (Lipinski definition) is 0. The van der Waals surface area contributed by atoms with E-state index in [0.717, 1.165) is 10.5 Å². The fourth-order valence-electron chi connectivity index (χ4n) is 2.06. The molecule has 1 amide bonds. The molecule has 0 spiro atoms. The van der Waals surface area contributed by atoms with Gasteiger partial charge in [-0.3, -0.25) is 9.00 Å². The van der Waals surface area contributed by atoms with Gasteiger partial charge in [0.2, 0.25) is 0 Å². The molecular formula is C14H17BrN2O2S. The molecule has 0 radical (unpaired) electrons. The Hall–Kier alpha value is -1.01. The van der Waals surface area contributed by atoms with Crippen LogP contribution in [0.15, 0.2) is 34.3 Å². The molecule has 1 aliphatic rings. The summed E-state index contributed by atoms with van der Waals surface area (Å²) in [6.07, 6.45) is 0. The Balaban J connectivity index is 2.45. The second-order valence-corrected chi connectivity index (χ2v) is 8.75. The Morgan fingerprint density at radius 1 is 1.40 bits per heavy atom. The average Bonchev–Trinajstić information content (AvgIpc) is 2.61. The third-order valence-corrected chi connectivity index (χ3v) is 5.45. The summed E-state index contributed by atoms with van der Waals surface area (Å²) >= 11 is 3.44. The van der Waals surface area contributed by atoms with Crippen LogP contribution in [0.3, 0.4) is 0 Å². The zero-order valence-corrected chi connectivity index (χ0v) is 14.3. The molecule has 2 atom stereocenters. The summed E-state index contributed by atoms with van der Waals surface area (Å²) in [4.78, 5) is 12.8. The van der Waals surface area contributed by atoms with Crippen LogP contribution in [-0.4, -0.2) is 37.5 Å². The molecule has 0 aliphatic carbocycles. The van der Waals surface area contributed by atoms with Gasteiger partial charge in [-0.2, -0.15) is 5.10 Å². The van der Waals surface area contributed by atoms with Gasteiger partial charge in [0.05, 0.1) is 16.5 Å². The van der Waals surface area contributed by atoms with Crippen molar-refractivity contribution in [3.63, 3.8) is 0 Å². The minimum Gasteiger partial charge on any atom is -0.271 e. The van der Waals surface area contributed by atoms with Crippen molar-refractivity contribution >= 4 is 38.3 Å². The molecule has 1 aliphatic heterocycles. The molecule has 2 rings (SSSR count). The Bertz CT molecular complexity index is 611. The van der Waals surface area contributed by atoms with Gasteiger partial charge in [0, 0.05) is 22.8 Å². The van der Waals surface area contributed by atoms with Crippen LogP contribution in [0.4, 0.5) is 0 Å². The second-order valence-electron chi connectivity index (χ2n) is 5.15. The first-order valence-electron chi connectivity index (χ1n) is 6.32. The third kappa shape index (κ3) is 2.59. The molecule has 0 aromatic heterocycles. The lowest BCUT2D eigenvalue weighted by Crippen LogP contribution is -2.37. The van der Waals surface area contributed by atoms with Crippen molar-refractivity contribution in [3.05, 3.63) is 29.8 Å². The van der Waals surface area contributed by atoms with Gasteiger partial charge in [0.25, 0.3) is 5.91 Å². The number of carbonyl (C=O) groups is 1. The molecule has 1 aromatic rings. The predicted octanol–water partition coefficient (Wildman–Crippen LogP) is 2.53. The third-order valence-electron chi connectivity index (χ3n) is 3.16. The van der Waals surface area contributed by atoms with Crippen molar-refractivity contribution < 1.29 is 9.00 Å². The maximum Gasteiger partial charge on any atom is 0.265 e. The summed E-state index contributed by atoms with van der Waals surface area (Å²) in [6.45, 7) is 5.62. The summed E-state index contributed by atoms with van der Waals surface area (Å²) in [5.41, 5.74) is 1.46. The Morgan fingerprint density at radius 2 is 2.05 bits per heavy atom. The monoisotopic (exact) mass is 356 g/mol. The van der Waals surface area contributed by atoms with Crippen molar-refractivity contribution in [2.24, 2.45) is 5.10 Å². The standard InChI is InChI=1S/C14H17BrN2O2S/c1-9(2)20(19)11-7-5-6-10(8-11)12-14(3,15)13(18)17(4)16-12/h5-9H,1-4H3. The van der Waals surface area contributed by atoms with Gasteiger partial charge in [0.1, 0.15) is 4.32 Å². The maximum absolute atomic E-state index is 12.2. The number of halogens is 1. The Kier molecular flexibility index (Phi) is 4.16. The van der Waals surface area contributed by atoms with Crippen molar-refractivity contribution in [1.82, 2.24) is 5.01 Å². The maximum atomic E-state index is 12.2. The Morgan fingerprint density at radius 3 is 2.55 bits per heavy atom. The van der Waals surface area contributed by atoms with Crippen LogP contribution in [0.5, 0.6) is 0 Å². The van der Waals surface area contributed by atoms with E-state index in [1.165, 1.54) is 5.01 Å². The molecule has 20 heavy (non-hydrogen) atoms. The van der Waals surface area contributed by atoms with E-state index in [4.69, 9.17) is 0 Å². The van der Waals surface area contributed by atoms with Gasteiger partial charge in [-0.05, 0) is 19.1 Å². The molecule has 0 fully saturated rings. The van der Waals surface area contributed by atoms with E-state index in [1.807, 2.05) is 38.1 Å². The first kappa shape index (κ1) is 15.4. The molecule has 6 heteroatoms. The molecule has 2 unspecified atom stereocenters. The summed E-state index contributed by atoms with van der Waals surface area (Å²) in [6, 6.07) is 7.41. The van der Waals surface area contributed by atoms with E-state index < -0.39 is 15.1 Å². The first-order chi connectivity index (χ1) is 9.25. The van der Waals surface area contributed by atoms with Crippen LogP contribution in [0.25, 0.3) is 0 Å².